The number of aryl methyl sites for hydroxylation is 1. The van der Waals surface area contributed by atoms with Crippen molar-refractivity contribution in [3.05, 3.63) is 59.8 Å². The van der Waals surface area contributed by atoms with Gasteiger partial charge in [0.2, 0.25) is 0 Å². The van der Waals surface area contributed by atoms with Crippen molar-refractivity contribution in [3.63, 3.8) is 0 Å². The second-order valence-corrected chi connectivity index (χ2v) is 7.51. The molecule has 2 heterocycles. The lowest BCUT2D eigenvalue weighted by Gasteiger charge is -2.14. The molecule has 0 amide bonds. The van der Waals surface area contributed by atoms with Crippen LogP contribution in [-0.4, -0.2) is 42.5 Å². The summed E-state index contributed by atoms with van der Waals surface area (Å²) < 4.78 is 13.0. The molecule has 0 bridgehead atoms. The van der Waals surface area contributed by atoms with Gasteiger partial charge in [0, 0.05) is 31.8 Å². The maximum atomic E-state index is 9.56. The van der Waals surface area contributed by atoms with Crippen LogP contribution in [0.2, 0.25) is 0 Å². The van der Waals surface area contributed by atoms with Crippen LogP contribution in [0.15, 0.2) is 53.5 Å². The molecule has 178 valence electrons. The molecule has 4 N–H and O–H groups in total. The van der Waals surface area contributed by atoms with E-state index in [1.807, 2.05) is 48.5 Å². The van der Waals surface area contributed by atoms with Gasteiger partial charge in [0.25, 0.3) is 0 Å². The second-order valence-electron chi connectivity index (χ2n) is 7.51. The minimum Gasteiger partial charge on any atom is -0.490 e. The number of nitrogens with zero attached hydrogens (tertiary/aromatic N) is 4. The summed E-state index contributed by atoms with van der Waals surface area (Å²) in [6.45, 7) is 1.94. The van der Waals surface area contributed by atoms with E-state index in [-0.39, 0.29) is 24.0 Å². The first-order valence-corrected chi connectivity index (χ1v) is 10.9. The van der Waals surface area contributed by atoms with Gasteiger partial charge in [-0.1, -0.05) is 18.2 Å². The largest absolute Gasteiger partial charge is 0.490 e. The fourth-order valence-electron chi connectivity index (χ4n) is 3.56. The van der Waals surface area contributed by atoms with Gasteiger partial charge in [-0.2, -0.15) is 10.4 Å². The highest BCUT2D eigenvalue weighted by Gasteiger charge is 2.16. The molecule has 0 aliphatic carbocycles. The number of benzene rings is 2. The highest BCUT2D eigenvalue weighted by atomic mass is 127. The molecule has 9 nitrogen and oxygen atoms in total. The number of fused-ring (bicyclic) bond motifs is 1. The minimum absolute atomic E-state index is 0. The highest BCUT2D eigenvalue weighted by molar-refractivity contribution is 14.0. The summed E-state index contributed by atoms with van der Waals surface area (Å²) in [6, 6.07) is 17.5. The Morgan fingerprint density at radius 2 is 1.94 bits per heavy atom. The molecule has 34 heavy (non-hydrogen) atoms. The van der Waals surface area contributed by atoms with Crippen molar-refractivity contribution in [2.75, 3.05) is 37.9 Å². The first-order chi connectivity index (χ1) is 16.2. The van der Waals surface area contributed by atoms with E-state index in [1.54, 1.807) is 11.7 Å². The number of nitriles is 1. The van der Waals surface area contributed by atoms with Gasteiger partial charge in [-0.05, 0) is 37.1 Å². The molecule has 1 aliphatic rings. The molecule has 0 saturated carbocycles. The van der Waals surface area contributed by atoms with Gasteiger partial charge in [-0.15, -0.1) is 24.0 Å². The third kappa shape index (κ3) is 5.91. The molecule has 0 atom stereocenters. The Bertz CT molecular complexity index is 1170. The van der Waals surface area contributed by atoms with Gasteiger partial charge < -0.3 is 25.8 Å². The highest BCUT2D eigenvalue weighted by Crippen LogP contribution is 2.32. The standard InChI is InChI=1S/C24H27N7O2.HI/c1-27-24(29-17-10-11-21-22(15-17)33-14-6-13-32-21)28-12-5-9-20-19(16-25)23(26)31(30-20)18-7-3-2-4-8-18;/h2-4,7-8,10-11,15H,5-6,9,12-14,26H2,1H3,(H2,27,28,29);1H. The van der Waals surface area contributed by atoms with Gasteiger partial charge in [-0.3, -0.25) is 4.99 Å². The number of nitrogens with one attached hydrogen (secondary N) is 2. The molecular formula is C24H28IN7O2. The van der Waals surface area contributed by atoms with Crippen molar-refractivity contribution in [3.8, 4) is 23.3 Å². The summed E-state index contributed by atoms with van der Waals surface area (Å²) in [7, 11) is 1.72. The Kier molecular flexibility index (Phi) is 8.98. The summed E-state index contributed by atoms with van der Waals surface area (Å²) in [5.74, 6) is 2.48. The number of hydrogen-bond acceptors (Lipinski definition) is 6. The van der Waals surface area contributed by atoms with Crippen LogP contribution >= 0.6 is 24.0 Å². The number of rotatable bonds is 6. The molecule has 0 spiro atoms. The van der Waals surface area contributed by atoms with Gasteiger partial charge >= 0.3 is 0 Å². The van der Waals surface area contributed by atoms with E-state index in [4.69, 9.17) is 15.2 Å². The normalized spacial score (nSPS) is 12.8. The van der Waals surface area contributed by atoms with Crippen molar-refractivity contribution < 1.29 is 9.47 Å². The third-order valence-corrected chi connectivity index (χ3v) is 5.22. The average molecular weight is 573 g/mol. The summed E-state index contributed by atoms with van der Waals surface area (Å²) in [4.78, 5) is 4.28. The Hall–Kier alpha value is -3.46. The second kappa shape index (κ2) is 12.1. The number of anilines is 2. The van der Waals surface area contributed by atoms with Crippen LogP contribution in [0.5, 0.6) is 11.5 Å². The number of aliphatic imine (C=N–C) groups is 1. The maximum absolute atomic E-state index is 9.56. The molecule has 0 unspecified atom stereocenters. The van der Waals surface area contributed by atoms with Crippen LogP contribution in [0.25, 0.3) is 5.69 Å². The maximum Gasteiger partial charge on any atom is 0.195 e. The lowest BCUT2D eigenvalue weighted by atomic mass is 10.1. The quantitative estimate of drug-likeness (QED) is 0.178. The number of hydrogen-bond donors (Lipinski definition) is 3. The van der Waals surface area contributed by atoms with Gasteiger partial charge in [0.15, 0.2) is 17.5 Å². The number of guanidine groups is 1. The minimum atomic E-state index is 0. The number of halogens is 1. The topological polar surface area (TPSA) is 123 Å². The van der Waals surface area contributed by atoms with Crippen molar-refractivity contribution in [2.45, 2.75) is 19.3 Å². The molecule has 1 aliphatic heterocycles. The molecular weight excluding hydrogens is 545 g/mol. The molecule has 2 aromatic carbocycles. The summed E-state index contributed by atoms with van der Waals surface area (Å²) in [5, 5.41) is 20.7. The number of aromatic nitrogens is 2. The predicted octanol–water partition coefficient (Wildman–Crippen LogP) is 3.73. The number of nitrogen functional groups attached to an aromatic ring is 1. The van der Waals surface area contributed by atoms with Gasteiger partial charge in [0.05, 0.1) is 24.6 Å². The Labute approximate surface area is 216 Å². The first-order valence-electron chi connectivity index (χ1n) is 10.9. The fraction of sp³-hybridized carbons (Fsp3) is 0.292. The molecule has 0 fully saturated rings. The molecule has 4 rings (SSSR count). The lowest BCUT2D eigenvalue weighted by Crippen LogP contribution is -2.31. The molecule has 1 aromatic heterocycles. The van der Waals surface area contributed by atoms with Crippen LogP contribution in [0.1, 0.15) is 24.1 Å². The molecule has 0 radical (unpaired) electrons. The Morgan fingerprint density at radius 1 is 1.18 bits per heavy atom. The number of ether oxygens (including phenoxy) is 2. The van der Waals surface area contributed by atoms with E-state index in [0.717, 1.165) is 35.7 Å². The van der Waals surface area contributed by atoms with Gasteiger partial charge in [-0.25, -0.2) is 4.68 Å². The number of para-hydroxylation sites is 1. The first kappa shape index (κ1) is 25.2. The van der Waals surface area contributed by atoms with E-state index in [2.05, 4.69) is 26.8 Å². The average Bonchev–Trinajstić information content (AvgIpc) is 3.00. The third-order valence-electron chi connectivity index (χ3n) is 5.22. The van der Waals surface area contributed by atoms with Crippen molar-refractivity contribution in [2.24, 2.45) is 4.99 Å². The van der Waals surface area contributed by atoms with Crippen LogP contribution in [0.4, 0.5) is 11.5 Å². The summed E-state index contributed by atoms with van der Waals surface area (Å²) >= 11 is 0. The Balaban J connectivity index is 0.00000324. The Morgan fingerprint density at radius 3 is 2.68 bits per heavy atom. The van der Waals surface area contributed by atoms with Crippen LogP contribution in [-0.2, 0) is 6.42 Å². The van der Waals surface area contributed by atoms with Crippen LogP contribution in [0.3, 0.4) is 0 Å². The van der Waals surface area contributed by atoms with Crippen molar-refractivity contribution in [1.29, 1.82) is 5.26 Å². The van der Waals surface area contributed by atoms with E-state index in [9.17, 15) is 5.26 Å². The van der Waals surface area contributed by atoms with Crippen LogP contribution in [0, 0.1) is 11.3 Å². The number of nitrogens with two attached hydrogens (primary N) is 1. The molecule has 0 saturated heterocycles. The SMILES string of the molecule is CN=C(NCCCc1nn(-c2ccccc2)c(N)c1C#N)Nc1ccc2c(c1)OCCCO2.I. The van der Waals surface area contributed by atoms with Crippen LogP contribution < -0.4 is 25.8 Å². The van der Waals surface area contributed by atoms with E-state index in [0.29, 0.717) is 49.2 Å². The predicted molar refractivity (Wildman–Crippen MR) is 143 cm³/mol. The lowest BCUT2D eigenvalue weighted by molar-refractivity contribution is 0.297. The fourth-order valence-corrected chi connectivity index (χ4v) is 3.56. The molecule has 10 heteroatoms. The zero-order valence-corrected chi connectivity index (χ0v) is 21.3. The zero-order chi connectivity index (χ0) is 23.0. The smallest absolute Gasteiger partial charge is 0.195 e. The summed E-state index contributed by atoms with van der Waals surface area (Å²) in [6.07, 6.45) is 2.23. The van der Waals surface area contributed by atoms with E-state index >= 15 is 0 Å². The summed E-state index contributed by atoms with van der Waals surface area (Å²) in [5.41, 5.74) is 8.97. The molecule has 3 aromatic rings. The van der Waals surface area contributed by atoms with Crippen molar-refractivity contribution >= 4 is 41.4 Å². The van der Waals surface area contributed by atoms with Gasteiger partial charge in [0.1, 0.15) is 17.5 Å². The monoisotopic (exact) mass is 573 g/mol. The van der Waals surface area contributed by atoms with E-state index in [1.165, 1.54) is 0 Å². The van der Waals surface area contributed by atoms with E-state index < -0.39 is 0 Å². The zero-order valence-electron chi connectivity index (χ0n) is 19.0. The van der Waals surface area contributed by atoms with Crippen molar-refractivity contribution in [1.82, 2.24) is 15.1 Å².